The van der Waals surface area contributed by atoms with Gasteiger partial charge in [-0.15, -0.1) is 0 Å². The Morgan fingerprint density at radius 1 is 0.710 bits per heavy atom. The number of carboxylic acid groups (broad SMARTS) is 1. The second-order valence-electron chi connectivity index (χ2n) is 7.64. The second-order valence-corrected chi connectivity index (χ2v) is 8.08. The van der Waals surface area contributed by atoms with Crippen LogP contribution in [0.3, 0.4) is 0 Å². The van der Waals surface area contributed by atoms with E-state index in [0.717, 1.165) is 11.1 Å². The highest BCUT2D eigenvalue weighted by Gasteiger charge is 2.46. The molecule has 0 unspecified atom stereocenters. The van der Waals surface area contributed by atoms with Gasteiger partial charge in [-0.2, -0.15) is 0 Å². The van der Waals surface area contributed by atoms with Gasteiger partial charge < -0.3 is 10.4 Å². The zero-order valence-corrected chi connectivity index (χ0v) is 17.4. The lowest BCUT2D eigenvalue weighted by molar-refractivity contribution is -0.147. The third-order valence-corrected chi connectivity index (χ3v) is 6.01. The molecule has 3 aromatic rings. The molecule has 0 fully saturated rings. The summed E-state index contributed by atoms with van der Waals surface area (Å²) in [6.45, 7) is 0. The van der Waals surface area contributed by atoms with E-state index in [0.29, 0.717) is 10.7 Å². The van der Waals surface area contributed by atoms with Crippen LogP contribution in [0.1, 0.15) is 23.0 Å². The second kappa shape index (κ2) is 9.19. The van der Waals surface area contributed by atoms with E-state index in [9.17, 15) is 14.7 Å². The molecule has 0 saturated heterocycles. The van der Waals surface area contributed by atoms with Crippen molar-refractivity contribution >= 4 is 29.2 Å². The molecule has 31 heavy (non-hydrogen) atoms. The topological polar surface area (TPSA) is 66.4 Å². The van der Waals surface area contributed by atoms with Crippen LogP contribution in [0.25, 0.3) is 0 Å². The molecule has 1 amide bonds. The summed E-state index contributed by atoms with van der Waals surface area (Å²) in [5, 5.41) is 13.7. The quantitative estimate of drug-likeness (QED) is 0.507. The largest absolute Gasteiger partial charge is 0.481 e. The van der Waals surface area contributed by atoms with Gasteiger partial charge in [-0.05, 0) is 35.4 Å². The van der Waals surface area contributed by atoms with Crippen molar-refractivity contribution in [3.8, 4) is 0 Å². The average Bonchev–Trinajstić information content (AvgIpc) is 2.80. The van der Waals surface area contributed by atoms with Crippen molar-refractivity contribution in [1.29, 1.82) is 0 Å². The molecule has 3 aromatic carbocycles. The number of hydrogen-bond donors (Lipinski definition) is 2. The maximum atomic E-state index is 13.5. The van der Waals surface area contributed by atoms with Crippen LogP contribution in [0.15, 0.2) is 97.1 Å². The summed E-state index contributed by atoms with van der Waals surface area (Å²) in [5.41, 5.74) is 2.37. The Morgan fingerprint density at radius 3 is 1.68 bits per heavy atom. The summed E-state index contributed by atoms with van der Waals surface area (Å²) in [5.74, 6) is -3.77. The number of aliphatic carboxylic acids is 1. The van der Waals surface area contributed by atoms with Gasteiger partial charge in [0.1, 0.15) is 0 Å². The fourth-order valence-electron chi connectivity index (χ4n) is 4.31. The van der Waals surface area contributed by atoms with E-state index in [2.05, 4.69) is 5.32 Å². The van der Waals surface area contributed by atoms with E-state index in [-0.39, 0.29) is 11.8 Å². The van der Waals surface area contributed by atoms with Gasteiger partial charge in [-0.1, -0.05) is 84.4 Å². The third kappa shape index (κ3) is 4.54. The van der Waals surface area contributed by atoms with Crippen molar-refractivity contribution in [2.45, 2.75) is 11.8 Å². The minimum atomic E-state index is -0.990. The van der Waals surface area contributed by atoms with E-state index in [1.165, 1.54) is 0 Å². The van der Waals surface area contributed by atoms with Gasteiger partial charge in [0, 0.05) is 22.5 Å². The van der Waals surface area contributed by atoms with Crippen molar-refractivity contribution in [3.05, 3.63) is 113 Å². The first-order valence-electron chi connectivity index (χ1n) is 10.1. The number of anilines is 1. The molecule has 0 spiro atoms. The summed E-state index contributed by atoms with van der Waals surface area (Å²) in [7, 11) is 0. The molecule has 0 heterocycles. The molecule has 2 N–H and O–H groups in total. The van der Waals surface area contributed by atoms with E-state index in [1.54, 1.807) is 24.3 Å². The molecule has 1 aliphatic rings. The Hall–Kier alpha value is -3.37. The van der Waals surface area contributed by atoms with Crippen molar-refractivity contribution in [2.75, 3.05) is 5.32 Å². The SMILES string of the molecule is O=C(Nc1ccc(Cl)cc1)[C@@H]1[C@H](C(=O)O)[C@H](c2ccccc2)C=C[C@@H]1c1ccccc1. The number of amides is 1. The Kier molecular flexibility index (Phi) is 6.19. The fraction of sp³-hybridized carbons (Fsp3) is 0.154. The maximum Gasteiger partial charge on any atom is 0.308 e. The molecule has 0 bridgehead atoms. The molecular formula is C26H22ClNO3. The first-order valence-corrected chi connectivity index (χ1v) is 10.5. The normalized spacial score (nSPS) is 22.6. The first kappa shape index (κ1) is 20.9. The summed E-state index contributed by atoms with van der Waals surface area (Å²) in [4.78, 5) is 26.0. The minimum absolute atomic E-state index is 0.325. The molecule has 1 aliphatic carbocycles. The number of carbonyl (C=O) groups excluding carboxylic acids is 1. The number of halogens is 1. The van der Waals surface area contributed by atoms with E-state index in [1.807, 2.05) is 72.8 Å². The van der Waals surface area contributed by atoms with Gasteiger partial charge in [0.2, 0.25) is 5.91 Å². The highest BCUT2D eigenvalue weighted by molar-refractivity contribution is 6.30. The minimum Gasteiger partial charge on any atom is -0.481 e. The number of carbonyl (C=O) groups is 2. The zero-order valence-electron chi connectivity index (χ0n) is 16.7. The number of hydrogen-bond acceptors (Lipinski definition) is 2. The summed E-state index contributed by atoms with van der Waals surface area (Å²) in [6, 6.07) is 25.8. The predicted octanol–water partition coefficient (Wildman–Crippen LogP) is 5.73. The monoisotopic (exact) mass is 431 g/mol. The Labute approximate surface area is 186 Å². The van der Waals surface area contributed by atoms with Crippen molar-refractivity contribution < 1.29 is 14.7 Å². The summed E-state index contributed by atoms with van der Waals surface area (Å²) in [6.07, 6.45) is 3.90. The Bertz CT molecular complexity index is 1080. The summed E-state index contributed by atoms with van der Waals surface area (Å²) < 4.78 is 0. The van der Waals surface area contributed by atoms with Crippen LogP contribution in [0.4, 0.5) is 5.69 Å². The number of nitrogens with one attached hydrogen (secondary N) is 1. The first-order chi connectivity index (χ1) is 15.0. The third-order valence-electron chi connectivity index (χ3n) is 5.76. The molecule has 4 nitrogen and oxygen atoms in total. The highest BCUT2D eigenvalue weighted by Crippen LogP contribution is 2.45. The van der Waals surface area contributed by atoms with Crippen LogP contribution < -0.4 is 5.32 Å². The van der Waals surface area contributed by atoms with Gasteiger partial charge in [0.15, 0.2) is 0 Å². The van der Waals surface area contributed by atoms with E-state index in [4.69, 9.17) is 11.6 Å². The lowest BCUT2D eigenvalue weighted by atomic mass is 9.66. The summed E-state index contributed by atoms with van der Waals surface area (Å²) >= 11 is 5.95. The van der Waals surface area contributed by atoms with E-state index < -0.39 is 23.7 Å². The van der Waals surface area contributed by atoms with Crippen LogP contribution >= 0.6 is 11.6 Å². The van der Waals surface area contributed by atoms with Crippen molar-refractivity contribution in [2.24, 2.45) is 11.8 Å². The van der Waals surface area contributed by atoms with Gasteiger partial charge in [0.05, 0.1) is 11.8 Å². The maximum absolute atomic E-state index is 13.5. The fourth-order valence-corrected chi connectivity index (χ4v) is 4.43. The Morgan fingerprint density at radius 2 is 1.19 bits per heavy atom. The van der Waals surface area contributed by atoms with Crippen molar-refractivity contribution in [1.82, 2.24) is 0 Å². The highest BCUT2D eigenvalue weighted by atomic mass is 35.5. The van der Waals surface area contributed by atoms with Gasteiger partial charge in [0.25, 0.3) is 0 Å². The standard InChI is InChI=1S/C26H22ClNO3/c27-19-11-13-20(14-12-19)28-25(29)23-21(17-7-3-1-4-8-17)15-16-22(24(23)26(30)31)18-9-5-2-6-10-18/h1-16,21-24H,(H,28,29)(H,30,31)/t21-,22+,23+,24-/m1/s1. The molecule has 5 heteroatoms. The molecule has 0 aliphatic heterocycles. The smallest absolute Gasteiger partial charge is 0.308 e. The van der Waals surface area contributed by atoms with Crippen LogP contribution in [-0.4, -0.2) is 17.0 Å². The van der Waals surface area contributed by atoms with Crippen LogP contribution in [0, 0.1) is 11.8 Å². The molecule has 4 rings (SSSR count). The molecule has 0 saturated carbocycles. The van der Waals surface area contributed by atoms with Gasteiger partial charge >= 0.3 is 5.97 Å². The van der Waals surface area contributed by atoms with Crippen LogP contribution in [0.5, 0.6) is 0 Å². The molecule has 0 aromatic heterocycles. The van der Waals surface area contributed by atoms with Crippen LogP contribution in [-0.2, 0) is 9.59 Å². The van der Waals surface area contributed by atoms with Crippen molar-refractivity contribution in [3.63, 3.8) is 0 Å². The lowest BCUT2D eigenvalue weighted by Gasteiger charge is -2.37. The van der Waals surface area contributed by atoms with E-state index >= 15 is 0 Å². The molecule has 0 radical (unpaired) electrons. The lowest BCUT2D eigenvalue weighted by Crippen LogP contribution is -2.42. The molecule has 156 valence electrons. The Balaban J connectivity index is 1.76. The number of allylic oxidation sites excluding steroid dienone is 2. The number of carboxylic acids is 1. The number of benzene rings is 3. The number of rotatable bonds is 5. The van der Waals surface area contributed by atoms with Gasteiger partial charge in [-0.3, -0.25) is 9.59 Å². The predicted molar refractivity (Wildman–Crippen MR) is 122 cm³/mol. The molecule has 4 atom stereocenters. The van der Waals surface area contributed by atoms with Crippen LogP contribution in [0.2, 0.25) is 5.02 Å². The average molecular weight is 432 g/mol. The van der Waals surface area contributed by atoms with Gasteiger partial charge in [-0.25, -0.2) is 0 Å². The zero-order chi connectivity index (χ0) is 21.8. The molecular weight excluding hydrogens is 410 g/mol.